The minimum Gasteiger partial charge on any atom is -0.371 e. The number of primary amides is 1. The quantitative estimate of drug-likeness (QED) is 0.868. The third-order valence-electron chi connectivity index (χ3n) is 3.80. The molecule has 0 radical (unpaired) electrons. The van der Waals surface area contributed by atoms with Gasteiger partial charge in [0, 0.05) is 30.8 Å². The second kappa shape index (κ2) is 6.27. The van der Waals surface area contributed by atoms with Crippen molar-refractivity contribution in [1.29, 1.82) is 0 Å². The lowest BCUT2D eigenvalue weighted by Crippen LogP contribution is -2.35. The number of carbonyl (C=O) groups is 2. The zero-order valence-electron chi connectivity index (χ0n) is 11.6. The van der Waals surface area contributed by atoms with Gasteiger partial charge in [-0.05, 0) is 43.9 Å². The molecule has 1 aromatic rings. The van der Waals surface area contributed by atoms with Crippen molar-refractivity contribution in [3.8, 4) is 0 Å². The molecule has 1 amide bonds. The fourth-order valence-corrected chi connectivity index (χ4v) is 2.97. The monoisotopic (exact) mass is 294 g/mol. The zero-order valence-corrected chi connectivity index (χ0v) is 12.3. The molecule has 20 heavy (non-hydrogen) atoms. The Hall–Kier alpha value is -1.55. The van der Waals surface area contributed by atoms with Crippen LogP contribution in [-0.2, 0) is 4.79 Å². The predicted molar refractivity (Wildman–Crippen MR) is 80.2 cm³/mol. The van der Waals surface area contributed by atoms with E-state index in [1.807, 2.05) is 12.1 Å². The van der Waals surface area contributed by atoms with Crippen LogP contribution in [0.3, 0.4) is 0 Å². The summed E-state index contributed by atoms with van der Waals surface area (Å²) in [4.78, 5) is 24.5. The molecule has 4 nitrogen and oxygen atoms in total. The van der Waals surface area contributed by atoms with Gasteiger partial charge in [-0.3, -0.25) is 9.59 Å². The van der Waals surface area contributed by atoms with Gasteiger partial charge in [-0.15, -0.1) is 0 Å². The fourth-order valence-electron chi connectivity index (χ4n) is 2.67. The van der Waals surface area contributed by atoms with Gasteiger partial charge >= 0.3 is 0 Å². The molecule has 2 rings (SSSR count). The molecule has 0 spiro atoms. The van der Waals surface area contributed by atoms with Crippen LogP contribution in [0.4, 0.5) is 5.69 Å². The van der Waals surface area contributed by atoms with E-state index in [4.69, 9.17) is 17.3 Å². The molecule has 0 aromatic heterocycles. The first-order valence-electron chi connectivity index (χ1n) is 6.81. The highest BCUT2D eigenvalue weighted by molar-refractivity contribution is 6.34. The van der Waals surface area contributed by atoms with Crippen molar-refractivity contribution in [3.63, 3.8) is 0 Å². The standard InChI is InChI=1S/C15H19ClN2O2/c1-10(19)13-3-2-12(9-14(13)16)18-6-4-11(5-7-18)8-15(17)20/h2-3,9,11H,4-8H2,1H3,(H2,17,20). The molecule has 2 N–H and O–H groups in total. The van der Waals surface area contributed by atoms with Crippen LogP contribution in [0.25, 0.3) is 0 Å². The Kier molecular flexibility index (Phi) is 4.65. The summed E-state index contributed by atoms with van der Waals surface area (Å²) in [7, 11) is 0. The molecule has 1 aromatic carbocycles. The molecule has 0 aliphatic carbocycles. The molecule has 1 fully saturated rings. The van der Waals surface area contributed by atoms with Crippen molar-refractivity contribution in [1.82, 2.24) is 0 Å². The van der Waals surface area contributed by atoms with E-state index in [9.17, 15) is 9.59 Å². The summed E-state index contributed by atoms with van der Waals surface area (Å²) >= 11 is 6.13. The summed E-state index contributed by atoms with van der Waals surface area (Å²) in [6.07, 6.45) is 2.38. The lowest BCUT2D eigenvalue weighted by atomic mass is 9.93. The maximum atomic E-state index is 11.4. The van der Waals surface area contributed by atoms with Crippen LogP contribution in [0.2, 0.25) is 5.02 Å². The first-order valence-corrected chi connectivity index (χ1v) is 7.19. The van der Waals surface area contributed by atoms with Crippen LogP contribution < -0.4 is 10.6 Å². The number of benzene rings is 1. The highest BCUT2D eigenvalue weighted by Gasteiger charge is 2.21. The molecule has 0 saturated carbocycles. The topological polar surface area (TPSA) is 63.4 Å². The number of hydrogen-bond donors (Lipinski definition) is 1. The van der Waals surface area contributed by atoms with E-state index in [-0.39, 0.29) is 11.7 Å². The molecular formula is C15H19ClN2O2. The summed E-state index contributed by atoms with van der Waals surface area (Å²) < 4.78 is 0. The minimum atomic E-state index is -0.225. The number of nitrogens with two attached hydrogens (primary N) is 1. The van der Waals surface area contributed by atoms with Gasteiger partial charge in [-0.2, -0.15) is 0 Å². The van der Waals surface area contributed by atoms with Crippen molar-refractivity contribution < 1.29 is 9.59 Å². The maximum Gasteiger partial charge on any atom is 0.217 e. The van der Waals surface area contributed by atoms with Crippen LogP contribution in [0, 0.1) is 5.92 Å². The Bertz CT molecular complexity index is 523. The van der Waals surface area contributed by atoms with E-state index in [1.54, 1.807) is 6.07 Å². The third-order valence-corrected chi connectivity index (χ3v) is 4.11. The molecule has 0 unspecified atom stereocenters. The van der Waals surface area contributed by atoms with Gasteiger partial charge in [0.1, 0.15) is 0 Å². The van der Waals surface area contributed by atoms with E-state index in [2.05, 4.69) is 4.90 Å². The van der Waals surface area contributed by atoms with Gasteiger partial charge < -0.3 is 10.6 Å². The van der Waals surface area contributed by atoms with Crippen molar-refractivity contribution in [2.45, 2.75) is 26.2 Å². The normalized spacial score (nSPS) is 16.2. The highest BCUT2D eigenvalue weighted by Crippen LogP contribution is 2.28. The van der Waals surface area contributed by atoms with Gasteiger partial charge in [-0.1, -0.05) is 11.6 Å². The Morgan fingerprint density at radius 3 is 2.50 bits per heavy atom. The number of carbonyl (C=O) groups excluding carboxylic acids is 2. The number of anilines is 1. The van der Waals surface area contributed by atoms with Crippen LogP contribution in [0.5, 0.6) is 0 Å². The number of rotatable bonds is 4. The summed E-state index contributed by atoms with van der Waals surface area (Å²) in [5.74, 6) is 0.134. The Labute approximate surface area is 123 Å². The molecule has 1 saturated heterocycles. The van der Waals surface area contributed by atoms with Gasteiger partial charge in [0.2, 0.25) is 5.91 Å². The van der Waals surface area contributed by atoms with Crippen LogP contribution in [0.15, 0.2) is 18.2 Å². The fraction of sp³-hybridized carbons (Fsp3) is 0.467. The number of halogens is 1. The lowest BCUT2D eigenvalue weighted by molar-refractivity contribution is -0.119. The number of Topliss-reactive ketones (excluding diaryl/α,β-unsaturated/α-hetero) is 1. The van der Waals surface area contributed by atoms with Gasteiger partial charge in [-0.25, -0.2) is 0 Å². The summed E-state index contributed by atoms with van der Waals surface area (Å²) in [6.45, 7) is 3.28. The smallest absolute Gasteiger partial charge is 0.217 e. The molecule has 1 aliphatic rings. The van der Waals surface area contributed by atoms with Crippen LogP contribution in [0.1, 0.15) is 36.5 Å². The van der Waals surface area contributed by atoms with E-state index in [0.29, 0.717) is 22.9 Å². The number of amides is 1. The van der Waals surface area contributed by atoms with Crippen LogP contribution >= 0.6 is 11.6 Å². The number of hydrogen-bond acceptors (Lipinski definition) is 3. The largest absolute Gasteiger partial charge is 0.371 e. The van der Waals surface area contributed by atoms with Gasteiger partial charge in [0.05, 0.1) is 5.02 Å². The molecular weight excluding hydrogens is 276 g/mol. The molecule has 0 atom stereocenters. The first kappa shape index (κ1) is 14.9. The van der Waals surface area contributed by atoms with E-state index >= 15 is 0 Å². The Morgan fingerprint density at radius 2 is 2.00 bits per heavy atom. The lowest BCUT2D eigenvalue weighted by Gasteiger charge is -2.33. The zero-order chi connectivity index (χ0) is 14.7. The van der Waals surface area contributed by atoms with Crippen molar-refractivity contribution in [3.05, 3.63) is 28.8 Å². The maximum absolute atomic E-state index is 11.4. The van der Waals surface area contributed by atoms with Crippen LogP contribution in [-0.4, -0.2) is 24.8 Å². The summed E-state index contributed by atoms with van der Waals surface area (Å²) in [5.41, 5.74) is 6.81. The summed E-state index contributed by atoms with van der Waals surface area (Å²) in [6, 6.07) is 5.54. The first-order chi connectivity index (χ1) is 9.47. The van der Waals surface area contributed by atoms with Crippen molar-refractivity contribution >= 4 is 29.0 Å². The number of ketones is 1. The predicted octanol–water partition coefficient (Wildman–Crippen LogP) is 2.63. The Balaban J connectivity index is 2.02. The molecule has 5 heteroatoms. The minimum absolute atomic E-state index is 0.0262. The SMILES string of the molecule is CC(=O)c1ccc(N2CCC(CC(N)=O)CC2)cc1Cl. The average molecular weight is 295 g/mol. The highest BCUT2D eigenvalue weighted by atomic mass is 35.5. The second-order valence-electron chi connectivity index (χ2n) is 5.32. The van der Waals surface area contributed by atoms with Gasteiger partial charge in [0.15, 0.2) is 5.78 Å². The second-order valence-corrected chi connectivity index (χ2v) is 5.73. The van der Waals surface area contributed by atoms with E-state index in [0.717, 1.165) is 31.6 Å². The molecule has 0 bridgehead atoms. The van der Waals surface area contributed by atoms with E-state index < -0.39 is 0 Å². The van der Waals surface area contributed by atoms with E-state index in [1.165, 1.54) is 6.92 Å². The van der Waals surface area contributed by atoms with Crippen molar-refractivity contribution in [2.75, 3.05) is 18.0 Å². The molecule has 1 aliphatic heterocycles. The van der Waals surface area contributed by atoms with Gasteiger partial charge in [0.25, 0.3) is 0 Å². The number of piperidine rings is 1. The summed E-state index contributed by atoms with van der Waals surface area (Å²) in [5, 5.41) is 0.495. The average Bonchev–Trinajstić information content (AvgIpc) is 2.38. The van der Waals surface area contributed by atoms with Crippen molar-refractivity contribution in [2.24, 2.45) is 11.7 Å². The molecule has 108 valence electrons. The Morgan fingerprint density at radius 1 is 1.35 bits per heavy atom. The number of nitrogens with zero attached hydrogens (tertiary/aromatic N) is 1. The third kappa shape index (κ3) is 3.51. The molecule has 1 heterocycles.